The van der Waals surface area contributed by atoms with Crippen molar-refractivity contribution in [3.63, 3.8) is 0 Å². The Balaban J connectivity index is 1.65. The summed E-state index contributed by atoms with van der Waals surface area (Å²) in [6.45, 7) is -0.486. The van der Waals surface area contributed by atoms with Gasteiger partial charge in [-0.3, -0.25) is 9.48 Å². The van der Waals surface area contributed by atoms with Crippen molar-refractivity contribution in [2.45, 2.75) is 13.2 Å². The first-order valence-electron chi connectivity index (χ1n) is 7.77. The average molecular weight is 401 g/mol. The van der Waals surface area contributed by atoms with Crippen molar-refractivity contribution < 1.29 is 35.9 Å². The van der Waals surface area contributed by atoms with Gasteiger partial charge in [0.15, 0.2) is 11.5 Å². The minimum Gasteiger partial charge on any atom is -0.479 e. The predicted molar refractivity (Wildman–Crippen MR) is 83.7 cm³/mol. The number of hydrogen-bond donors (Lipinski definition) is 1. The number of amides is 1. The maximum absolute atomic E-state index is 13.6. The lowest BCUT2D eigenvalue weighted by atomic mass is 10.2. The highest BCUT2D eigenvalue weighted by Crippen LogP contribution is 2.29. The molecule has 2 aromatic heterocycles. The summed E-state index contributed by atoms with van der Waals surface area (Å²) in [5.41, 5.74) is 0.731. The minimum absolute atomic E-state index is 0.0605. The van der Waals surface area contributed by atoms with Gasteiger partial charge in [0.2, 0.25) is 29.1 Å². The van der Waals surface area contributed by atoms with Crippen LogP contribution in [0, 0.1) is 29.1 Å². The summed E-state index contributed by atoms with van der Waals surface area (Å²) in [7, 11) is 1.70. The summed E-state index contributed by atoms with van der Waals surface area (Å²) in [5, 5.41) is 6.52. The predicted octanol–water partition coefficient (Wildman–Crippen LogP) is 3.22. The van der Waals surface area contributed by atoms with Gasteiger partial charge in [-0.15, -0.1) is 0 Å². The van der Waals surface area contributed by atoms with Crippen LogP contribution in [0.3, 0.4) is 0 Å². The van der Waals surface area contributed by atoms with E-state index in [1.165, 1.54) is 12.1 Å². The summed E-state index contributed by atoms with van der Waals surface area (Å²) < 4.78 is 77.8. The van der Waals surface area contributed by atoms with Crippen molar-refractivity contribution in [3.8, 4) is 5.75 Å². The maximum Gasteiger partial charge on any atom is 0.287 e. The number of furan rings is 1. The van der Waals surface area contributed by atoms with E-state index in [4.69, 9.17) is 4.42 Å². The fourth-order valence-corrected chi connectivity index (χ4v) is 2.26. The standard InChI is InChI=1S/C17H12F5N3O3/c1-25-8(4-5-24-25)6-23-17(26)10-3-2-9(28-10)7-27-16-14(21)12(19)11(18)13(20)15(16)22/h2-5H,6-7H2,1H3,(H,23,26). The van der Waals surface area contributed by atoms with Crippen molar-refractivity contribution >= 4 is 5.91 Å². The summed E-state index contributed by atoms with van der Waals surface area (Å²) in [6.07, 6.45) is 1.56. The normalized spacial score (nSPS) is 10.9. The Bertz CT molecular complexity index is 1000. The van der Waals surface area contributed by atoms with Gasteiger partial charge in [0.1, 0.15) is 12.4 Å². The molecule has 1 amide bonds. The van der Waals surface area contributed by atoms with Gasteiger partial charge < -0.3 is 14.5 Å². The fraction of sp³-hybridized carbons (Fsp3) is 0.176. The first-order chi connectivity index (χ1) is 13.3. The van der Waals surface area contributed by atoms with Crippen molar-refractivity contribution in [2.75, 3.05) is 0 Å². The summed E-state index contributed by atoms with van der Waals surface area (Å²) in [4.78, 5) is 12.0. The molecule has 0 saturated carbocycles. The average Bonchev–Trinajstić information content (AvgIpc) is 3.32. The van der Waals surface area contributed by atoms with E-state index < -0.39 is 47.3 Å². The number of halogens is 5. The Kier molecular flexibility index (Phi) is 5.34. The van der Waals surface area contributed by atoms with E-state index in [-0.39, 0.29) is 18.1 Å². The third kappa shape index (κ3) is 3.68. The van der Waals surface area contributed by atoms with Crippen molar-refractivity contribution in [1.29, 1.82) is 0 Å². The molecule has 0 fully saturated rings. The highest BCUT2D eigenvalue weighted by Gasteiger charge is 2.27. The molecule has 11 heteroatoms. The molecule has 0 aliphatic heterocycles. The Labute approximate surface area is 154 Å². The van der Waals surface area contributed by atoms with Gasteiger partial charge in [0, 0.05) is 13.2 Å². The Morgan fingerprint density at radius 2 is 1.71 bits per heavy atom. The molecule has 0 atom stereocenters. The number of hydrogen-bond acceptors (Lipinski definition) is 4. The second kappa shape index (κ2) is 7.71. The molecule has 2 heterocycles. The van der Waals surface area contributed by atoms with Crippen LogP contribution in [0.5, 0.6) is 5.75 Å². The van der Waals surface area contributed by atoms with Gasteiger partial charge in [-0.1, -0.05) is 0 Å². The topological polar surface area (TPSA) is 69.3 Å². The third-order valence-corrected chi connectivity index (χ3v) is 3.77. The Morgan fingerprint density at radius 3 is 2.32 bits per heavy atom. The first kappa shape index (κ1) is 19.4. The smallest absolute Gasteiger partial charge is 0.287 e. The molecular formula is C17H12F5N3O3. The molecule has 3 aromatic rings. The first-order valence-corrected chi connectivity index (χ1v) is 7.77. The van der Waals surface area contributed by atoms with Gasteiger partial charge in [-0.05, 0) is 18.2 Å². The van der Waals surface area contributed by atoms with E-state index in [2.05, 4.69) is 15.2 Å². The van der Waals surface area contributed by atoms with E-state index in [1.54, 1.807) is 24.0 Å². The number of nitrogens with one attached hydrogen (secondary N) is 1. The maximum atomic E-state index is 13.6. The van der Waals surface area contributed by atoms with Crippen LogP contribution in [-0.4, -0.2) is 15.7 Å². The van der Waals surface area contributed by atoms with Crippen LogP contribution in [0.1, 0.15) is 22.0 Å². The molecule has 1 aromatic carbocycles. The number of carbonyl (C=O) groups excluding carboxylic acids is 1. The van der Waals surface area contributed by atoms with Crippen molar-refractivity contribution in [2.24, 2.45) is 7.05 Å². The Hall–Kier alpha value is -3.37. The molecule has 0 unspecified atom stereocenters. The lowest BCUT2D eigenvalue weighted by Crippen LogP contribution is -2.23. The lowest BCUT2D eigenvalue weighted by Gasteiger charge is -2.09. The number of aromatic nitrogens is 2. The van der Waals surface area contributed by atoms with E-state index >= 15 is 0 Å². The van der Waals surface area contributed by atoms with E-state index in [9.17, 15) is 26.7 Å². The number of rotatable bonds is 6. The van der Waals surface area contributed by atoms with Crippen LogP contribution in [0.4, 0.5) is 22.0 Å². The highest BCUT2D eigenvalue weighted by molar-refractivity contribution is 5.91. The molecule has 0 aliphatic rings. The molecule has 0 saturated heterocycles. The molecule has 0 spiro atoms. The van der Waals surface area contributed by atoms with Crippen LogP contribution >= 0.6 is 0 Å². The lowest BCUT2D eigenvalue weighted by molar-refractivity contribution is 0.0917. The van der Waals surface area contributed by atoms with Gasteiger partial charge in [0.25, 0.3) is 5.91 Å². The van der Waals surface area contributed by atoms with Gasteiger partial charge in [-0.25, -0.2) is 13.2 Å². The zero-order chi connectivity index (χ0) is 20.4. The van der Waals surface area contributed by atoms with Gasteiger partial charge in [-0.2, -0.15) is 13.9 Å². The SMILES string of the molecule is Cn1nccc1CNC(=O)c1ccc(COc2c(F)c(F)c(F)c(F)c2F)o1. The van der Waals surface area contributed by atoms with Crippen LogP contribution in [0.25, 0.3) is 0 Å². The highest BCUT2D eigenvalue weighted by atomic mass is 19.2. The molecule has 3 rings (SSSR count). The molecule has 6 nitrogen and oxygen atoms in total. The molecule has 28 heavy (non-hydrogen) atoms. The van der Waals surface area contributed by atoms with Crippen LogP contribution in [0.2, 0.25) is 0 Å². The largest absolute Gasteiger partial charge is 0.479 e. The van der Waals surface area contributed by atoms with Crippen LogP contribution in [-0.2, 0) is 20.2 Å². The Morgan fingerprint density at radius 1 is 1.07 bits per heavy atom. The second-order valence-corrected chi connectivity index (χ2v) is 5.58. The molecule has 0 radical (unpaired) electrons. The molecule has 1 N–H and O–H groups in total. The number of carbonyl (C=O) groups is 1. The van der Waals surface area contributed by atoms with Crippen LogP contribution in [0.15, 0.2) is 28.8 Å². The number of benzene rings is 1. The zero-order valence-electron chi connectivity index (χ0n) is 14.2. The van der Waals surface area contributed by atoms with Crippen molar-refractivity contribution in [1.82, 2.24) is 15.1 Å². The summed E-state index contributed by atoms with van der Waals surface area (Å²) >= 11 is 0. The zero-order valence-corrected chi connectivity index (χ0v) is 14.2. The molecular weight excluding hydrogens is 389 g/mol. The number of nitrogens with zero attached hydrogens (tertiary/aromatic N) is 2. The third-order valence-electron chi connectivity index (χ3n) is 3.77. The molecule has 148 valence electrons. The number of aryl methyl sites for hydroxylation is 1. The fourth-order valence-electron chi connectivity index (χ4n) is 2.26. The second-order valence-electron chi connectivity index (χ2n) is 5.58. The quantitative estimate of drug-likeness (QED) is 0.391. The van der Waals surface area contributed by atoms with Crippen LogP contribution < -0.4 is 10.1 Å². The molecule has 0 bridgehead atoms. The summed E-state index contributed by atoms with van der Waals surface area (Å²) in [5.74, 6) is -12.9. The number of ether oxygens (including phenoxy) is 1. The van der Waals surface area contributed by atoms with Gasteiger partial charge in [0.05, 0.1) is 12.2 Å². The molecule has 0 aliphatic carbocycles. The summed E-state index contributed by atoms with van der Waals surface area (Å²) in [6, 6.07) is 4.24. The minimum atomic E-state index is -2.28. The van der Waals surface area contributed by atoms with E-state index in [0.29, 0.717) is 0 Å². The van der Waals surface area contributed by atoms with E-state index in [0.717, 1.165) is 5.69 Å². The van der Waals surface area contributed by atoms with E-state index in [1.807, 2.05) is 0 Å². The van der Waals surface area contributed by atoms with Crippen molar-refractivity contribution in [3.05, 3.63) is 70.7 Å². The van der Waals surface area contributed by atoms with Gasteiger partial charge >= 0.3 is 0 Å². The monoisotopic (exact) mass is 401 g/mol.